The number of amides is 3. The topological polar surface area (TPSA) is 126 Å². The van der Waals surface area contributed by atoms with Crippen LogP contribution in [0.4, 0.5) is 24.7 Å². The van der Waals surface area contributed by atoms with Crippen molar-refractivity contribution in [1.29, 1.82) is 0 Å². The third-order valence-corrected chi connectivity index (χ3v) is 6.28. The fourth-order valence-electron chi connectivity index (χ4n) is 3.32. The van der Waals surface area contributed by atoms with Crippen LogP contribution in [-0.2, 0) is 23.9 Å². The van der Waals surface area contributed by atoms with Crippen molar-refractivity contribution in [2.75, 3.05) is 10.6 Å². The second-order valence-electron chi connectivity index (χ2n) is 7.40. The maximum atomic E-state index is 13.0. The van der Waals surface area contributed by atoms with Crippen molar-refractivity contribution in [2.24, 2.45) is 0 Å². The van der Waals surface area contributed by atoms with E-state index >= 15 is 0 Å². The van der Waals surface area contributed by atoms with Crippen molar-refractivity contribution in [3.8, 4) is 0 Å². The van der Waals surface area contributed by atoms with Crippen LogP contribution in [0.25, 0.3) is 0 Å². The molecular weight excluding hydrogens is 509 g/mol. The van der Waals surface area contributed by atoms with Crippen molar-refractivity contribution in [3.63, 3.8) is 0 Å². The lowest BCUT2D eigenvalue weighted by Gasteiger charge is -2.11. The lowest BCUT2D eigenvalue weighted by molar-refractivity contribution is -0.137. The van der Waals surface area contributed by atoms with Crippen LogP contribution in [0.15, 0.2) is 30.7 Å². The van der Waals surface area contributed by atoms with E-state index in [9.17, 15) is 27.6 Å². The molecule has 2 aromatic heterocycles. The number of halogens is 4. The Balaban J connectivity index is 1.40. The maximum Gasteiger partial charge on any atom is 0.417 e. The normalized spacial score (nSPS) is 13.4. The molecule has 182 valence electrons. The fraction of sp³-hybridized carbons (Fsp3) is 0.238. The number of carbonyl (C=O) groups excluding carboxylic acids is 3. The molecule has 1 aromatic carbocycles. The highest BCUT2D eigenvalue weighted by atomic mass is 35.5. The Morgan fingerprint density at radius 3 is 2.71 bits per heavy atom. The van der Waals surface area contributed by atoms with Gasteiger partial charge in [-0.15, -0.1) is 11.3 Å². The zero-order valence-corrected chi connectivity index (χ0v) is 19.3. The number of anilines is 2. The SMILES string of the molecule is O=C1CCCc2c(ncnc2C(=O)NCc2ncc(C(=O)Nc3ccc(Cl)c(C(F)(F)F)c3)s2)N1. The molecule has 0 spiro atoms. The molecule has 14 heteroatoms. The Morgan fingerprint density at radius 2 is 1.94 bits per heavy atom. The van der Waals surface area contributed by atoms with Crippen molar-refractivity contribution >= 4 is 52.2 Å². The summed E-state index contributed by atoms with van der Waals surface area (Å²) in [4.78, 5) is 49.1. The van der Waals surface area contributed by atoms with Crippen molar-refractivity contribution in [2.45, 2.75) is 32.0 Å². The number of nitrogens with zero attached hydrogens (tertiary/aromatic N) is 3. The lowest BCUT2D eigenvalue weighted by Crippen LogP contribution is -2.25. The van der Waals surface area contributed by atoms with E-state index in [1.165, 1.54) is 18.6 Å². The van der Waals surface area contributed by atoms with Gasteiger partial charge in [-0.1, -0.05) is 11.6 Å². The second kappa shape index (κ2) is 9.96. The first-order chi connectivity index (χ1) is 16.6. The summed E-state index contributed by atoms with van der Waals surface area (Å²) in [6, 6.07) is 3.05. The van der Waals surface area contributed by atoms with E-state index in [4.69, 9.17) is 11.6 Å². The van der Waals surface area contributed by atoms with Gasteiger partial charge >= 0.3 is 6.18 Å². The van der Waals surface area contributed by atoms with E-state index in [-0.39, 0.29) is 28.7 Å². The van der Waals surface area contributed by atoms with E-state index in [1.807, 2.05) is 0 Å². The van der Waals surface area contributed by atoms with Crippen LogP contribution in [0.5, 0.6) is 0 Å². The summed E-state index contributed by atoms with van der Waals surface area (Å²) < 4.78 is 39.1. The number of aromatic nitrogens is 3. The summed E-state index contributed by atoms with van der Waals surface area (Å²) in [6.07, 6.45) is -0.897. The predicted molar refractivity (Wildman–Crippen MR) is 121 cm³/mol. The smallest absolute Gasteiger partial charge is 0.344 e. The Labute approximate surface area is 205 Å². The molecule has 1 aliphatic heterocycles. The number of hydrogen-bond acceptors (Lipinski definition) is 7. The van der Waals surface area contributed by atoms with Crippen LogP contribution in [0, 0.1) is 0 Å². The number of nitrogens with one attached hydrogen (secondary N) is 3. The van der Waals surface area contributed by atoms with Crippen LogP contribution < -0.4 is 16.0 Å². The van der Waals surface area contributed by atoms with E-state index in [1.54, 1.807) is 0 Å². The highest BCUT2D eigenvalue weighted by Crippen LogP contribution is 2.36. The summed E-state index contributed by atoms with van der Waals surface area (Å²) in [5.74, 6) is -1.04. The molecule has 0 unspecified atom stereocenters. The van der Waals surface area contributed by atoms with Gasteiger partial charge in [0.1, 0.15) is 27.7 Å². The van der Waals surface area contributed by atoms with Gasteiger partial charge in [-0.2, -0.15) is 13.2 Å². The highest BCUT2D eigenvalue weighted by Gasteiger charge is 2.33. The number of fused-ring (bicyclic) bond motifs is 1. The Bertz CT molecular complexity index is 1310. The van der Waals surface area contributed by atoms with Crippen LogP contribution >= 0.6 is 22.9 Å². The minimum atomic E-state index is -4.67. The van der Waals surface area contributed by atoms with Gasteiger partial charge in [-0.05, 0) is 31.0 Å². The average molecular weight is 525 g/mol. The van der Waals surface area contributed by atoms with Gasteiger partial charge in [-0.3, -0.25) is 14.4 Å². The first kappa shape index (κ1) is 24.5. The van der Waals surface area contributed by atoms with Crippen LogP contribution in [-0.4, -0.2) is 32.7 Å². The Hall–Kier alpha value is -3.58. The average Bonchev–Trinajstić information content (AvgIpc) is 3.19. The monoisotopic (exact) mass is 524 g/mol. The first-order valence-electron chi connectivity index (χ1n) is 10.2. The number of rotatable bonds is 5. The minimum Gasteiger partial charge on any atom is -0.344 e. The van der Waals surface area contributed by atoms with Gasteiger partial charge in [0.2, 0.25) is 5.91 Å². The molecule has 3 aromatic rings. The molecule has 1 aliphatic rings. The van der Waals surface area contributed by atoms with E-state index < -0.39 is 28.6 Å². The molecule has 3 heterocycles. The summed E-state index contributed by atoms with van der Waals surface area (Å²) in [5, 5.41) is 7.61. The van der Waals surface area contributed by atoms with Crippen LogP contribution in [0.3, 0.4) is 0 Å². The van der Waals surface area contributed by atoms with Gasteiger partial charge in [0.05, 0.1) is 23.3 Å². The maximum absolute atomic E-state index is 13.0. The third-order valence-electron chi connectivity index (χ3n) is 4.96. The number of benzene rings is 1. The van der Waals surface area contributed by atoms with Crippen LogP contribution in [0.2, 0.25) is 5.02 Å². The quantitative estimate of drug-likeness (QED) is 0.462. The Morgan fingerprint density at radius 1 is 1.14 bits per heavy atom. The molecule has 35 heavy (non-hydrogen) atoms. The standard InChI is InChI=1S/C21H16ClF3N6O3S/c22-13-5-4-10(6-12(13)21(23,24)25)30-19(33)14-7-26-16(35-14)8-27-20(34)17-11-2-1-3-15(32)31-18(11)29-9-28-17/h4-7,9H,1-3,8H2,(H,27,34)(H,30,33)(H,28,29,31,32). The molecule has 9 nitrogen and oxygen atoms in total. The van der Waals surface area contributed by atoms with Crippen molar-refractivity contribution < 1.29 is 27.6 Å². The van der Waals surface area contributed by atoms with Gasteiger partial charge < -0.3 is 16.0 Å². The number of thiazole rings is 1. The molecular formula is C21H16ClF3N6O3S. The first-order valence-corrected chi connectivity index (χ1v) is 11.4. The molecule has 3 N–H and O–H groups in total. The minimum absolute atomic E-state index is 0.0128. The molecule has 0 bridgehead atoms. The van der Waals surface area contributed by atoms with Crippen LogP contribution in [0.1, 0.15) is 49.1 Å². The fourth-order valence-corrected chi connectivity index (χ4v) is 4.30. The summed E-state index contributed by atoms with van der Waals surface area (Å²) in [6.45, 7) is -0.0128. The summed E-state index contributed by atoms with van der Waals surface area (Å²) >= 11 is 6.56. The van der Waals surface area contributed by atoms with E-state index in [0.717, 1.165) is 23.5 Å². The van der Waals surface area contributed by atoms with Gasteiger partial charge in [0.15, 0.2) is 0 Å². The number of alkyl halides is 3. The van der Waals surface area contributed by atoms with Gasteiger partial charge in [0, 0.05) is 17.7 Å². The van der Waals surface area contributed by atoms with E-state index in [0.29, 0.717) is 35.7 Å². The van der Waals surface area contributed by atoms with Gasteiger partial charge in [-0.25, -0.2) is 15.0 Å². The third kappa shape index (κ3) is 5.74. The summed E-state index contributed by atoms with van der Waals surface area (Å²) in [5.41, 5.74) is -0.468. The van der Waals surface area contributed by atoms with E-state index in [2.05, 4.69) is 30.9 Å². The molecule has 4 rings (SSSR count). The molecule has 0 fully saturated rings. The molecule has 0 saturated heterocycles. The number of hydrogen-bond donors (Lipinski definition) is 3. The van der Waals surface area contributed by atoms with Crippen molar-refractivity contribution in [1.82, 2.24) is 20.3 Å². The van der Waals surface area contributed by atoms with Gasteiger partial charge in [0.25, 0.3) is 11.8 Å². The molecule has 0 atom stereocenters. The second-order valence-corrected chi connectivity index (χ2v) is 8.92. The molecule has 0 radical (unpaired) electrons. The zero-order chi connectivity index (χ0) is 25.2. The number of carbonyl (C=O) groups is 3. The molecule has 0 aliphatic carbocycles. The Kier molecular flexibility index (Phi) is 6.98. The summed E-state index contributed by atoms with van der Waals surface area (Å²) in [7, 11) is 0. The molecule has 0 saturated carbocycles. The lowest BCUT2D eigenvalue weighted by atomic mass is 10.1. The predicted octanol–water partition coefficient (Wildman–Crippen LogP) is 4.06. The largest absolute Gasteiger partial charge is 0.417 e. The highest BCUT2D eigenvalue weighted by molar-refractivity contribution is 7.13. The zero-order valence-electron chi connectivity index (χ0n) is 17.7. The van der Waals surface area contributed by atoms with Crippen molar-refractivity contribution in [3.05, 3.63) is 62.5 Å². The molecule has 3 amide bonds.